The summed E-state index contributed by atoms with van der Waals surface area (Å²) in [6.45, 7) is 9.62. The van der Waals surface area contributed by atoms with Crippen LogP contribution in [0.4, 0.5) is 4.79 Å². The highest BCUT2D eigenvalue weighted by molar-refractivity contribution is 5.89. The highest BCUT2D eigenvalue weighted by Gasteiger charge is 2.20. The molecule has 0 radical (unpaired) electrons. The lowest BCUT2D eigenvalue weighted by atomic mass is 10.0. The zero-order valence-corrected chi connectivity index (χ0v) is 28.5. The van der Waals surface area contributed by atoms with Crippen LogP contribution in [0.2, 0.25) is 0 Å². The van der Waals surface area contributed by atoms with Crippen molar-refractivity contribution in [1.29, 1.82) is 0 Å². The number of carbonyl (C=O) groups is 4. The van der Waals surface area contributed by atoms with E-state index in [-0.39, 0.29) is 51.1 Å². The lowest BCUT2D eigenvalue weighted by Crippen LogP contribution is -2.42. The summed E-state index contributed by atoms with van der Waals surface area (Å²) in [4.78, 5) is 53.8. The molecule has 0 saturated carbocycles. The first-order chi connectivity index (χ1) is 22.6. The van der Waals surface area contributed by atoms with Crippen molar-refractivity contribution in [3.05, 3.63) is 0 Å². The average Bonchev–Trinajstić information content (AvgIpc) is 3.01. The Kier molecular flexibility index (Phi) is 29.2. The second-order valence-corrected chi connectivity index (χ2v) is 11.1. The number of amides is 3. The van der Waals surface area contributed by atoms with E-state index in [0.29, 0.717) is 98.2 Å². The van der Waals surface area contributed by atoms with Gasteiger partial charge in [-0.25, -0.2) is 4.79 Å². The summed E-state index contributed by atoms with van der Waals surface area (Å²) >= 11 is 0. The predicted molar refractivity (Wildman–Crippen MR) is 171 cm³/mol. The van der Waals surface area contributed by atoms with Gasteiger partial charge in [-0.3, -0.25) is 19.2 Å². The van der Waals surface area contributed by atoms with Crippen LogP contribution in [0.3, 0.4) is 0 Å². The highest BCUT2D eigenvalue weighted by atomic mass is 16.7. The molecule has 0 aromatic heterocycles. The van der Waals surface area contributed by atoms with Gasteiger partial charge in [-0.15, -0.1) is 0 Å². The summed E-state index contributed by atoms with van der Waals surface area (Å²) in [5.41, 5.74) is 12.3. The number of nitrogens with two attached hydrogens (primary N) is 2. The van der Waals surface area contributed by atoms with E-state index >= 15 is 0 Å². The maximum absolute atomic E-state index is 12.9. The molecule has 0 aromatic carbocycles. The van der Waals surface area contributed by atoms with Crippen LogP contribution < -0.4 is 27.6 Å². The Morgan fingerprint density at radius 3 is 1.77 bits per heavy atom. The molecule has 0 heterocycles. The molecule has 47 heavy (non-hydrogen) atoms. The van der Waals surface area contributed by atoms with Crippen molar-refractivity contribution in [2.75, 3.05) is 106 Å². The predicted octanol–water partition coefficient (Wildman–Crippen LogP) is -0.420. The molecule has 0 aliphatic carbocycles. The molecule has 0 aliphatic rings. The monoisotopic (exact) mass is 681 g/mol. The summed E-state index contributed by atoms with van der Waals surface area (Å²) in [5, 5.41) is 5.53. The molecule has 17 nitrogen and oxygen atoms in total. The summed E-state index contributed by atoms with van der Waals surface area (Å²) < 4.78 is 36.9. The van der Waals surface area contributed by atoms with Crippen LogP contribution >= 0.6 is 0 Å². The molecule has 0 saturated heterocycles. The molecule has 0 bridgehead atoms. The van der Waals surface area contributed by atoms with Crippen molar-refractivity contribution in [2.45, 2.75) is 64.5 Å². The van der Waals surface area contributed by atoms with Gasteiger partial charge in [0.1, 0.15) is 18.8 Å². The molecule has 1 atom stereocenters. The Balaban J connectivity index is 4.29. The molecule has 276 valence electrons. The summed E-state index contributed by atoms with van der Waals surface area (Å²) in [6, 6.07) is -0.690. The van der Waals surface area contributed by atoms with Crippen LogP contribution in [0.25, 0.3) is 0 Å². The van der Waals surface area contributed by atoms with Crippen molar-refractivity contribution < 1.29 is 57.2 Å². The van der Waals surface area contributed by atoms with Crippen LogP contribution in [-0.2, 0) is 52.4 Å². The second kappa shape index (κ2) is 30.8. The first-order valence-corrected chi connectivity index (χ1v) is 16.1. The molecule has 0 spiro atoms. The second-order valence-electron chi connectivity index (χ2n) is 11.1. The third-order valence-corrected chi connectivity index (χ3v) is 5.67. The molecule has 0 fully saturated rings. The minimum atomic E-state index is -0.690. The van der Waals surface area contributed by atoms with E-state index in [2.05, 4.69) is 16.1 Å². The molecule has 0 aliphatic heterocycles. The normalized spacial score (nSPS) is 12.0. The Hall–Kier alpha value is -2.48. The third-order valence-electron chi connectivity index (χ3n) is 5.67. The smallest absolute Gasteiger partial charge is 0.431 e. The van der Waals surface area contributed by atoms with E-state index in [1.807, 2.05) is 0 Å². The third kappa shape index (κ3) is 31.9. The number of carbonyl (C=O) groups excluding carboxylic acids is 4. The highest BCUT2D eigenvalue weighted by Crippen LogP contribution is 2.07. The largest absolute Gasteiger partial charge is 0.442 e. The first-order valence-electron chi connectivity index (χ1n) is 16.1. The molecular weight excluding hydrogens is 622 g/mol. The standard InChI is InChI=1S/C30H59N5O12/c1-30(2,3)47-29(39)35-46-22-21-43-16-15-40-12-6-8-26(36)25(34-28(38)24-45-20-18-42-14-10-32)7-4-5-11-33-27(37)23-44-19-17-41-13-9-31/h25H,4-24,31-32H2,1-3H3,(H,33,37)(H,34,38)(H,35,39)/t25-/m1/s1. The minimum absolute atomic E-state index is 0.0731. The van der Waals surface area contributed by atoms with Gasteiger partial charge in [0.15, 0.2) is 5.78 Å². The van der Waals surface area contributed by atoms with Gasteiger partial charge in [-0.1, -0.05) is 0 Å². The van der Waals surface area contributed by atoms with Crippen LogP contribution in [-0.4, -0.2) is 141 Å². The van der Waals surface area contributed by atoms with Crippen molar-refractivity contribution in [2.24, 2.45) is 11.5 Å². The molecule has 0 rings (SSSR count). The van der Waals surface area contributed by atoms with Crippen molar-refractivity contribution in [1.82, 2.24) is 16.1 Å². The van der Waals surface area contributed by atoms with Gasteiger partial charge in [0.2, 0.25) is 11.8 Å². The van der Waals surface area contributed by atoms with E-state index in [4.69, 9.17) is 49.5 Å². The number of nitrogens with one attached hydrogen (secondary N) is 3. The maximum Gasteiger partial charge on any atom is 0.431 e. The van der Waals surface area contributed by atoms with E-state index < -0.39 is 23.6 Å². The quantitative estimate of drug-likeness (QED) is 0.0449. The molecule has 7 N–H and O–H groups in total. The van der Waals surface area contributed by atoms with Gasteiger partial charge in [-0.05, 0) is 46.5 Å². The Morgan fingerprint density at radius 1 is 0.638 bits per heavy atom. The number of ether oxygens (including phenoxy) is 7. The molecular formula is C30H59N5O12. The van der Waals surface area contributed by atoms with Crippen LogP contribution in [0.1, 0.15) is 52.9 Å². The topological polar surface area (TPSA) is 230 Å². The van der Waals surface area contributed by atoms with Crippen LogP contribution in [0.15, 0.2) is 0 Å². The van der Waals surface area contributed by atoms with Gasteiger partial charge in [0.25, 0.3) is 0 Å². The Bertz CT molecular complexity index is 817. The number of hydroxylamine groups is 1. The zero-order valence-electron chi connectivity index (χ0n) is 28.5. The minimum Gasteiger partial charge on any atom is -0.442 e. The van der Waals surface area contributed by atoms with Crippen LogP contribution in [0, 0.1) is 0 Å². The van der Waals surface area contributed by atoms with Gasteiger partial charge < -0.3 is 55.3 Å². The number of unbranched alkanes of at least 4 members (excludes halogenated alkanes) is 1. The van der Waals surface area contributed by atoms with E-state index in [1.54, 1.807) is 20.8 Å². The first kappa shape index (κ1) is 44.5. The fourth-order valence-corrected chi connectivity index (χ4v) is 3.59. The molecule has 17 heteroatoms. The maximum atomic E-state index is 12.9. The summed E-state index contributed by atoms with van der Waals surface area (Å²) in [7, 11) is 0. The van der Waals surface area contributed by atoms with Gasteiger partial charge in [0, 0.05) is 32.7 Å². The van der Waals surface area contributed by atoms with Crippen molar-refractivity contribution in [3.63, 3.8) is 0 Å². The average molecular weight is 682 g/mol. The Labute approximate surface area is 278 Å². The number of rotatable bonds is 32. The number of Topliss-reactive ketones (excluding diaryl/α,β-unsaturated/α-hetero) is 1. The van der Waals surface area contributed by atoms with Gasteiger partial charge >= 0.3 is 6.09 Å². The van der Waals surface area contributed by atoms with Crippen molar-refractivity contribution >= 4 is 23.7 Å². The van der Waals surface area contributed by atoms with Gasteiger partial charge in [0.05, 0.1) is 72.1 Å². The Morgan fingerprint density at radius 2 is 1.17 bits per heavy atom. The zero-order chi connectivity index (χ0) is 35.0. The molecule has 3 amide bonds. The fourth-order valence-electron chi connectivity index (χ4n) is 3.59. The molecule has 0 unspecified atom stereocenters. The van der Waals surface area contributed by atoms with E-state index in [1.165, 1.54) is 0 Å². The number of ketones is 1. The lowest BCUT2D eigenvalue weighted by Gasteiger charge is -2.19. The summed E-state index contributed by atoms with van der Waals surface area (Å²) in [6.07, 6.45) is 1.63. The van der Waals surface area contributed by atoms with Crippen LogP contribution in [0.5, 0.6) is 0 Å². The van der Waals surface area contributed by atoms with E-state index in [0.717, 1.165) is 0 Å². The van der Waals surface area contributed by atoms with Gasteiger partial charge in [-0.2, -0.15) is 5.48 Å². The summed E-state index contributed by atoms with van der Waals surface area (Å²) in [5.74, 6) is -0.763. The lowest BCUT2D eigenvalue weighted by molar-refractivity contribution is -0.131. The SMILES string of the molecule is CC(C)(C)OC(=O)NOCCOCCOCCCC(=O)[C@@H](CCCCNC(=O)COCCOCCN)NC(=O)COCCOCCN. The number of hydrogen-bond acceptors (Lipinski definition) is 14. The molecule has 0 aromatic rings. The fraction of sp³-hybridized carbons (Fsp3) is 0.867. The number of hydrogen-bond donors (Lipinski definition) is 5. The van der Waals surface area contributed by atoms with Crippen molar-refractivity contribution in [3.8, 4) is 0 Å². The van der Waals surface area contributed by atoms with E-state index in [9.17, 15) is 19.2 Å².